The number of benzene rings is 2. The van der Waals surface area contributed by atoms with Gasteiger partial charge in [-0.25, -0.2) is 0 Å². The molecule has 2 aromatic carbocycles. The number of carbonyl (C=O) groups is 2. The van der Waals surface area contributed by atoms with E-state index in [2.05, 4.69) is 10.3 Å². The molecule has 9 heteroatoms. The van der Waals surface area contributed by atoms with Gasteiger partial charge in [-0.3, -0.25) is 19.0 Å². The Morgan fingerprint density at radius 2 is 1.97 bits per heavy atom. The predicted molar refractivity (Wildman–Crippen MR) is 123 cm³/mol. The van der Waals surface area contributed by atoms with Crippen molar-refractivity contribution >= 4 is 35.0 Å². The van der Waals surface area contributed by atoms with Gasteiger partial charge in [-0.05, 0) is 49.0 Å². The molecule has 1 aromatic heterocycles. The highest BCUT2D eigenvalue weighted by Crippen LogP contribution is 2.22. The maximum Gasteiger partial charge on any atom is 0.308 e. The molecule has 0 radical (unpaired) electrons. The number of aromatic amines is 1. The van der Waals surface area contributed by atoms with Crippen molar-refractivity contribution < 1.29 is 19.1 Å². The van der Waals surface area contributed by atoms with Crippen molar-refractivity contribution in [3.8, 4) is 5.75 Å². The molecule has 1 amide bonds. The first-order chi connectivity index (χ1) is 15.4. The minimum Gasteiger partial charge on any atom is -0.497 e. The minimum atomic E-state index is -0.598. The fourth-order valence-corrected chi connectivity index (χ4v) is 3.66. The highest BCUT2D eigenvalue weighted by Gasteiger charge is 2.20. The van der Waals surface area contributed by atoms with Crippen LogP contribution in [0.3, 0.4) is 0 Å². The third-order valence-corrected chi connectivity index (χ3v) is 5.28. The molecular formula is C23H25N3O5S. The topological polar surface area (TPSA) is 102 Å². The number of aromatic nitrogens is 2. The lowest BCUT2D eigenvalue weighted by atomic mass is 10.0. The van der Waals surface area contributed by atoms with Crippen molar-refractivity contribution in [3.63, 3.8) is 0 Å². The first kappa shape index (κ1) is 23.2. The second kappa shape index (κ2) is 10.7. The van der Waals surface area contributed by atoms with Crippen molar-refractivity contribution in [2.24, 2.45) is 0 Å². The van der Waals surface area contributed by atoms with Crippen molar-refractivity contribution in [3.05, 3.63) is 69.2 Å². The van der Waals surface area contributed by atoms with E-state index in [0.717, 1.165) is 0 Å². The van der Waals surface area contributed by atoms with Crippen LogP contribution < -0.4 is 15.6 Å². The lowest BCUT2D eigenvalue weighted by Gasteiger charge is -2.19. The Labute approximate surface area is 190 Å². The molecule has 2 N–H and O–H groups in total. The van der Waals surface area contributed by atoms with E-state index in [-0.39, 0.29) is 42.2 Å². The van der Waals surface area contributed by atoms with Gasteiger partial charge in [-0.1, -0.05) is 24.3 Å². The molecule has 1 unspecified atom stereocenters. The summed E-state index contributed by atoms with van der Waals surface area (Å²) in [5.41, 5.74) is 1.11. The minimum absolute atomic E-state index is 0.0129. The average molecular weight is 456 g/mol. The Morgan fingerprint density at radius 3 is 2.72 bits per heavy atom. The summed E-state index contributed by atoms with van der Waals surface area (Å²) in [5.74, 6) is -0.134. The monoisotopic (exact) mass is 455 g/mol. The van der Waals surface area contributed by atoms with Gasteiger partial charge < -0.3 is 19.8 Å². The molecule has 0 saturated carbocycles. The fraction of sp³-hybridized carbons (Fsp3) is 0.304. The van der Waals surface area contributed by atoms with Crippen LogP contribution in [0.5, 0.6) is 5.75 Å². The standard InChI is InChI=1S/C23H25N3O5S/c1-3-31-21(28)14-19(15-7-6-8-16(13-15)30-2)24-20(27)11-12-26-22(29)17-9-4-5-10-18(17)25-23(26)32/h4-10,13,19H,3,11-12,14H2,1-2H3,(H,24,27)(H,25,32). The molecule has 1 atom stereocenters. The van der Waals surface area contributed by atoms with Crippen molar-refractivity contribution in [2.75, 3.05) is 13.7 Å². The number of nitrogens with one attached hydrogen (secondary N) is 2. The zero-order valence-corrected chi connectivity index (χ0v) is 18.7. The molecule has 0 saturated heterocycles. The van der Waals surface area contributed by atoms with Crippen LogP contribution in [-0.4, -0.2) is 35.1 Å². The van der Waals surface area contributed by atoms with Gasteiger partial charge in [0.15, 0.2) is 4.77 Å². The molecule has 0 bridgehead atoms. The smallest absolute Gasteiger partial charge is 0.308 e. The summed E-state index contributed by atoms with van der Waals surface area (Å²) in [6.07, 6.45) is -0.0121. The summed E-state index contributed by atoms with van der Waals surface area (Å²) in [5, 5.41) is 3.36. The number of esters is 1. The van der Waals surface area contributed by atoms with Crippen LogP contribution in [0.15, 0.2) is 53.3 Å². The molecular weight excluding hydrogens is 430 g/mol. The first-order valence-corrected chi connectivity index (χ1v) is 10.6. The lowest BCUT2D eigenvalue weighted by molar-refractivity contribution is -0.143. The maximum absolute atomic E-state index is 12.8. The number of rotatable bonds is 9. The number of H-pyrrole nitrogens is 1. The summed E-state index contributed by atoms with van der Waals surface area (Å²) in [7, 11) is 1.54. The largest absolute Gasteiger partial charge is 0.497 e. The van der Waals surface area contributed by atoms with Crippen molar-refractivity contribution in [1.82, 2.24) is 14.9 Å². The van der Waals surface area contributed by atoms with Gasteiger partial charge in [0, 0.05) is 13.0 Å². The molecule has 3 aromatic rings. The maximum atomic E-state index is 12.8. The van der Waals surface area contributed by atoms with Gasteiger partial charge in [0.05, 0.1) is 37.1 Å². The summed E-state index contributed by atoms with van der Waals surface area (Å²) in [6.45, 7) is 2.08. The Morgan fingerprint density at radius 1 is 1.19 bits per heavy atom. The highest BCUT2D eigenvalue weighted by molar-refractivity contribution is 7.71. The molecule has 8 nitrogen and oxygen atoms in total. The summed E-state index contributed by atoms with van der Waals surface area (Å²) in [4.78, 5) is 40.6. The van der Waals surface area contributed by atoms with Gasteiger partial charge in [0.2, 0.25) is 5.91 Å². The number of para-hydroxylation sites is 1. The zero-order chi connectivity index (χ0) is 23.1. The second-order valence-electron chi connectivity index (χ2n) is 7.09. The third-order valence-electron chi connectivity index (χ3n) is 4.96. The average Bonchev–Trinajstić information content (AvgIpc) is 2.78. The van der Waals surface area contributed by atoms with E-state index in [1.165, 1.54) is 4.57 Å². The fourth-order valence-electron chi connectivity index (χ4n) is 3.38. The van der Waals surface area contributed by atoms with Crippen molar-refractivity contribution in [1.29, 1.82) is 0 Å². The quantitative estimate of drug-likeness (QED) is 0.379. The van der Waals surface area contributed by atoms with Crippen LogP contribution in [-0.2, 0) is 20.9 Å². The second-order valence-corrected chi connectivity index (χ2v) is 7.48. The molecule has 0 fully saturated rings. The van der Waals surface area contributed by atoms with E-state index >= 15 is 0 Å². The van der Waals surface area contributed by atoms with Gasteiger partial charge in [-0.15, -0.1) is 0 Å². The number of methoxy groups -OCH3 is 1. The number of ether oxygens (including phenoxy) is 2. The third kappa shape index (κ3) is 5.61. The Kier molecular flexibility index (Phi) is 7.77. The molecule has 0 spiro atoms. The lowest BCUT2D eigenvalue weighted by Crippen LogP contribution is -2.32. The van der Waals surface area contributed by atoms with Gasteiger partial charge in [-0.2, -0.15) is 0 Å². The molecule has 168 valence electrons. The van der Waals surface area contributed by atoms with Crippen LogP contribution in [0.25, 0.3) is 10.9 Å². The van der Waals surface area contributed by atoms with Crippen LogP contribution >= 0.6 is 12.2 Å². The van der Waals surface area contributed by atoms with Crippen LogP contribution in [0, 0.1) is 4.77 Å². The number of hydrogen-bond donors (Lipinski definition) is 2. The Hall–Kier alpha value is -3.46. The predicted octanol–water partition coefficient (Wildman–Crippen LogP) is 3.27. The van der Waals surface area contributed by atoms with Crippen LogP contribution in [0.2, 0.25) is 0 Å². The molecule has 3 rings (SSSR count). The van der Waals surface area contributed by atoms with E-state index in [0.29, 0.717) is 22.2 Å². The molecule has 32 heavy (non-hydrogen) atoms. The summed E-state index contributed by atoms with van der Waals surface area (Å²) in [6, 6.07) is 13.6. The number of nitrogens with zero attached hydrogens (tertiary/aromatic N) is 1. The zero-order valence-electron chi connectivity index (χ0n) is 17.9. The van der Waals surface area contributed by atoms with E-state index in [1.807, 2.05) is 6.07 Å². The SMILES string of the molecule is CCOC(=O)CC(NC(=O)CCn1c(=S)[nH]c2ccccc2c1=O)c1cccc(OC)c1. The van der Waals surface area contributed by atoms with E-state index in [1.54, 1.807) is 56.5 Å². The summed E-state index contributed by atoms with van der Waals surface area (Å²) >= 11 is 5.30. The van der Waals surface area contributed by atoms with E-state index in [4.69, 9.17) is 21.7 Å². The Bertz CT molecular complexity index is 1230. The molecule has 0 aliphatic carbocycles. The van der Waals surface area contributed by atoms with E-state index < -0.39 is 12.0 Å². The van der Waals surface area contributed by atoms with Gasteiger partial charge in [0.25, 0.3) is 5.56 Å². The number of hydrogen-bond acceptors (Lipinski definition) is 6. The van der Waals surface area contributed by atoms with E-state index in [9.17, 15) is 14.4 Å². The number of fused-ring (bicyclic) bond motifs is 1. The normalized spacial score (nSPS) is 11.7. The van der Waals surface area contributed by atoms with Gasteiger partial charge in [0.1, 0.15) is 5.75 Å². The molecule has 0 aliphatic rings. The first-order valence-electron chi connectivity index (χ1n) is 10.2. The van der Waals surface area contributed by atoms with Crippen LogP contribution in [0.1, 0.15) is 31.4 Å². The highest BCUT2D eigenvalue weighted by atomic mass is 32.1. The summed E-state index contributed by atoms with van der Waals surface area (Å²) < 4.78 is 11.9. The molecule has 1 heterocycles. The van der Waals surface area contributed by atoms with Crippen LogP contribution in [0.4, 0.5) is 0 Å². The van der Waals surface area contributed by atoms with Crippen molar-refractivity contribution in [2.45, 2.75) is 32.4 Å². The number of amides is 1. The molecule has 0 aliphatic heterocycles. The number of carbonyl (C=O) groups excluding carboxylic acids is 2. The Balaban J connectivity index is 1.76. The van der Waals surface area contributed by atoms with Gasteiger partial charge >= 0.3 is 5.97 Å².